The van der Waals surface area contributed by atoms with Crippen molar-refractivity contribution in [3.8, 4) is 0 Å². The van der Waals surface area contributed by atoms with E-state index in [2.05, 4.69) is 10.3 Å². The Morgan fingerprint density at radius 3 is 2.96 bits per heavy atom. The molecule has 1 aromatic heterocycles. The van der Waals surface area contributed by atoms with Gasteiger partial charge in [0, 0.05) is 42.3 Å². The standard InChI is InChI=1S/C16H19N3O2S.ClH/c20-22(21,19-9-6-15-13(11-19)4-8-18-15)16-3-1-2-12-10-17-7-5-14(12)16;/h1-3,5,7,10,13,15,18H,4,6,8-9,11H2;1H. The number of hydrogen-bond acceptors (Lipinski definition) is 4. The molecule has 2 saturated heterocycles. The van der Waals surface area contributed by atoms with Crippen molar-refractivity contribution < 1.29 is 8.42 Å². The Morgan fingerprint density at radius 2 is 2.09 bits per heavy atom. The number of nitrogens with one attached hydrogen (secondary N) is 1. The van der Waals surface area contributed by atoms with Gasteiger partial charge in [0.15, 0.2) is 0 Å². The van der Waals surface area contributed by atoms with Crippen LogP contribution in [0.1, 0.15) is 12.8 Å². The van der Waals surface area contributed by atoms with E-state index in [1.807, 2.05) is 6.07 Å². The maximum absolute atomic E-state index is 13.1. The van der Waals surface area contributed by atoms with E-state index in [-0.39, 0.29) is 12.4 Å². The Kier molecular flexibility index (Phi) is 4.60. The number of aromatic nitrogens is 1. The fraction of sp³-hybridized carbons (Fsp3) is 0.438. The van der Waals surface area contributed by atoms with Crippen LogP contribution in [0.2, 0.25) is 0 Å². The summed E-state index contributed by atoms with van der Waals surface area (Å²) in [5, 5.41) is 5.09. The zero-order valence-electron chi connectivity index (χ0n) is 12.7. The number of fused-ring (bicyclic) bond motifs is 2. The molecule has 2 aliphatic rings. The number of rotatable bonds is 2. The van der Waals surface area contributed by atoms with E-state index >= 15 is 0 Å². The molecule has 4 rings (SSSR count). The van der Waals surface area contributed by atoms with E-state index in [9.17, 15) is 8.42 Å². The summed E-state index contributed by atoms with van der Waals surface area (Å²) < 4.78 is 27.8. The molecule has 124 valence electrons. The zero-order valence-corrected chi connectivity index (χ0v) is 14.3. The molecule has 5 nitrogen and oxygen atoms in total. The van der Waals surface area contributed by atoms with Crippen LogP contribution in [0.3, 0.4) is 0 Å². The summed E-state index contributed by atoms with van der Waals surface area (Å²) in [5.41, 5.74) is 0. The summed E-state index contributed by atoms with van der Waals surface area (Å²) in [4.78, 5) is 4.48. The summed E-state index contributed by atoms with van der Waals surface area (Å²) in [6.07, 6.45) is 5.32. The maximum atomic E-state index is 13.1. The highest BCUT2D eigenvalue weighted by Gasteiger charge is 2.38. The summed E-state index contributed by atoms with van der Waals surface area (Å²) >= 11 is 0. The van der Waals surface area contributed by atoms with Crippen molar-refractivity contribution in [2.45, 2.75) is 23.8 Å². The first-order chi connectivity index (χ1) is 10.7. The zero-order chi connectivity index (χ0) is 15.2. The molecule has 0 saturated carbocycles. The topological polar surface area (TPSA) is 62.3 Å². The first-order valence-electron chi connectivity index (χ1n) is 7.72. The van der Waals surface area contributed by atoms with Crippen LogP contribution in [0.5, 0.6) is 0 Å². The lowest BCUT2D eigenvalue weighted by Gasteiger charge is -2.34. The van der Waals surface area contributed by atoms with Crippen molar-refractivity contribution >= 4 is 33.2 Å². The van der Waals surface area contributed by atoms with E-state index in [0.717, 1.165) is 30.2 Å². The molecule has 2 aliphatic heterocycles. The molecule has 0 bridgehead atoms. The highest BCUT2D eigenvalue weighted by Crippen LogP contribution is 2.31. The number of nitrogens with zero attached hydrogens (tertiary/aromatic N) is 2. The van der Waals surface area contributed by atoms with Crippen LogP contribution in [0.25, 0.3) is 10.8 Å². The molecule has 0 aliphatic carbocycles. The average Bonchev–Trinajstić information content (AvgIpc) is 3.02. The van der Waals surface area contributed by atoms with Gasteiger partial charge in [-0.1, -0.05) is 12.1 Å². The van der Waals surface area contributed by atoms with Crippen molar-refractivity contribution in [2.24, 2.45) is 5.92 Å². The van der Waals surface area contributed by atoms with Crippen LogP contribution in [-0.4, -0.2) is 43.4 Å². The van der Waals surface area contributed by atoms with E-state index < -0.39 is 10.0 Å². The van der Waals surface area contributed by atoms with Gasteiger partial charge >= 0.3 is 0 Å². The number of halogens is 1. The minimum atomic E-state index is -3.45. The smallest absolute Gasteiger partial charge is 0.243 e. The van der Waals surface area contributed by atoms with Crippen molar-refractivity contribution in [3.63, 3.8) is 0 Å². The van der Waals surface area contributed by atoms with Gasteiger partial charge in [0.05, 0.1) is 4.90 Å². The second kappa shape index (κ2) is 6.36. The van der Waals surface area contributed by atoms with Gasteiger partial charge < -0.3 is 5.32 Å². The Hall–Kier alpha value is -1.21. The van der Waals surface area contributed by atoms with Crippen LogP contribution in [-0.2, 0) is 10.0 Å². The highest BCUT2D eigenvalue weighted by atomic mass is 35.5. The van der Waals surface area contributed by atoms with Gasteiger partial charge in [-0.2, -0.15) is 4.31 Å². The van der Waals surface area contributed by atoms with Crippen LogP contribution in [0.15, 0.2) is 41.6 Å². The van der Waals surface area contributed by atoms with Crippen molar-refractivity contribution in [3.05, 3.63) is 36.7 Å². The first-order valence-corrected chi connectivity index (χ1v) is 9.16. The quantitative estimate of drug-likeness (QED) is 0.897. The molecular weight excluding hydrogens is 334 g/mol. The van der Waals surface area contributed by atoms with Crippen LogP contribution < -0.4 is 5.32 Å². The molecule has 1 aromatic carbocycles. The van der Waals surface area contributed by atoms with Gasteiger partial charge in [0.25, 0.3) is 0 Å². The number of sulfonamides is 1. The lowest BCUT2D eigenvalue weighted by Crippen LogP contribution is -2.46. The van der Waals surface area contributed by atoms with Gasteiger partial charge in [-0.25, -0.2) is 8.42 Å². The third-order valence-corrected chi connectivity index (χ3v) is 6.80. The van der Waals surface area contributed by atoms with E-state index in [4.69, 9.17) is 0 Å². The predicted octanol–water partition coefficient (Wildman–Crippen LogP) is 2.03. The molecule has 7 heteroatoms. The third kappa shape index (κ3) is 2.85. The largest absolute Gasteiger partial charge is 0.314 e. The Labute approximate surface area is 142 Å². The monoisotopic (exact) mass is 353 g/mol. The summed E-state index contributed by atoms with van der Waals surface area (Å²) in [5.74, 6) is 0.445. The number of piperidine rings is 1. The molecule has 0 amide bonds. The molecule has 2 unspecified atom stereocenters. The van der Waals surface area contributed by atoms with Crippen LogP contribution >= 0.6 is 12.4 Å². The molecule has 1 N–H and O–H groups in total. The van der Waals surface area contributed by atoms with E-state index in [1.54, 1.807) is 34.9 Å². The van der Waals surface area contributed by atoms with Crippen LogP contribution in [0, 0.1) is 5.92 Å². The Morgan fingerprint density at radius 1 is 1.22 bits per heavy atom. The van der Waals surface area contributed by atoms with Gasteiger partial charge in [-0.05, 0) is 37.4 Å². The Balaban J connectivity index is 0.00000156. The molecule has 2 aromatic rings. The van der Waals surface area contributed by atoms with Crippen molar-refractivity contribution in [1.29, 1.82) is 0 Å². The Bertz CT molecular complexity index is 807. The molecule has 3 heterocycles. The lowest BCUT2D eigenvalue weighted by atomic mass is 9.95. The molecule has 0 spiro atoms. The molecule has 2 atom stereocenters. The van der Waals surface area contributed by atoms with Gasteiger partial charge in [-0.3, -0.25) is 4.98 Å². The van der Waals surface area contributed by atoms with Crippen molar-refractivity contribution in [2.75, 3.05) is 19.6 Å². The van der Waals surface area contributed by atoms with Crippen molar-refractivity contribution in [1.82, 2.24) is 14.6 Å². The van der Waals surface area contributed by atoms with E-state index in [1.165, 1.54) is 0 Å². The van der Waals surface area contributed by atoms with Gasteiger partial charge in [0.1, 0.15) is 0 Å². The minimum absolute atomic E-state index is 0. The predicted molar refractivity (Wildman–Crippen MR) is 92.3 cm³/mol. The average molecular weight is 354 g/mol. The molecule has 2 fully saturated rings. The highest BCUT2D eigenvalue weighted by molar-refractivity contribution is 7.89. The lowest BCUT2D eigenvalue weighted by molar-refractivity contribution is 0.247. The summed E-state index contributed by atoms with van der Waals surface area (Å²) in [6, 6.07) is 7.67. The molecule has 23 heavy (non-hydrogen) atoms. The summed E-state index contributed by atoms with van der Waals surface area (Å²) in [7, 11) is -3.45. The second-order valence-corrected chi connectivity index (χ2v) is 8.02. The fourth-order valence-electron chi connectivity index (χ4n) is 3.69. The molecule has 0 radical (unpaired) electrons. The minimum Gasteiger partial charge on any atom is -0.314 e. The number of pyridine rings is 1. The number of hydrogen-bond donors (Lipinski definition) is 1. The SMILES string of the molecule is Cl.O=S(=O)(c1cccc2cnccc12)N1CCC2NCCC2C1. The second-order valence-electron chi connectivity index (χ2n) is 6.11. The number of benzene rings is 1. The maximum Gasteiger partial charge on any atom is 0.243 e. The van der Waals surface area contributed by atoms with Gasteiger partial charge in [0.2, 0.25) is 10.0 Å². The first kappa shape index (κ1) is 16.6. The molecular formula is C16H20ClN3O2S. The summed E-state index contributed by atoms with van der Waals surface area (Å²) in [6.45, 7) is 2.22. The normalized spacial score (nSPS) is 25.0. The van der Waals surface area contributed by atoms with Gasteiger partial charge in [-0.15, -0.1) is 12.4 Å². The van der Waals surface area contributed by atoms with Crippen LogP contribution in [0.4, 0.5) is 0 Å². The van der Waals surface area contributed by atoms with E-state index in [0.29, 0.717) is 29.9 Å². The fourth-order valence-corrected chi connectivity index (χ4v) is 5.42. The third-order valence-electron chi connectivity index (χ3n) is 4.88.